The molecule has 140 valence electrons. The lowest BCUT2D eigenvalue weighted by atomic mass is 9.87. The number of benzene rings is 1. The fourth-order valence-corrected chi connectivity index (χ4v) is 3.42. The van der Waals surface area contributed by atoms with Crippen LogP contribution in [0, 0.1) is 5.92 Å². The van der Waals surface area contributed by atoms with E-state index in [-0.39, 0.29) is 18.4 Å². The molecule has 1 aliphatic carbocycles. The van der Waals surface area contributed by atoms with Gasteiger partial charge in [0.05, 0.1) is 6.61 Å². The van der Waals surface area contributed by atoms with Gasteiger partial charge in [0.2, 0.25) is 5.92 Å². The number of nitrogens with one attached hydrogen (secondary N) is 1. The highest BCUT2D eigenvalue weighted by atomic mass is 35.5. The predicted octanol–water partition coefficient (Wildman–Crippen LogP) is 3.41. The number of carbonyl (C=O) groups excluding carboxylic acids is 1. The van der Waals surface area contributed by atoms with Crippen LogP contribution in [0.1, 0.15) is 36.0 Å². The zero-order chi connectivity index (χ0) is 18.7. The Bertz CT molecular complexity index is 713. The summed E-state index contributed by atoms with van der Waals surface area (Å²) in [6.07, 6.45) is -0.230. The quantitative estimate of drug-likeness (QED) is 0.744. The predicted molar refractivity (Wildman–Crippen MR) is 85.4 cm³/mol. The molecule has 2 rings (SSSR count). The largest absolute Gasteiger partial charge is 0.409 e. The van der Waals surface area contributed by atoms with Gasteiger partial charge in [-0.25, -0.2) is 13.5 Å². The van der Waals surface area contributed by atoms with Crippen LogP contribution >= 0.6 is 11.6 Å². The molecule has 1 aromatic carbocycles. The molecule has 1 aliphatic rings. The normalized spacial score (nSPS) is 22.8. The van der Waals surface area contributed by atoms with E-state index in [4.69, 9.17) is 11.6 Å². The molecule has 1 amide bonds. The van der Waals surface area contributed by atoms with Crippen LogP contribution in [0.3, 0.4) is 0 Å². The zero-order valence-corrected chi connectivity index (χ0v) is 14.6. The Morgan fingerprint density at radius 1 is 1.36 bits per heavy atom. The monoisotopic (exact) mass is 399 g/mol. The molecular weight excluding hydrogens is 383 g/mol. The van der Waals surface area contributed by atoms with Gasteiger partial charge in [0.25, 0.3) is 5.91 Å². The Hall–Kier alpha value is -1.32. The second-order valence-corrected chi connectivity index (χ2v) is 8.34. The van der Waals surface area contributed by atoms with E-state index in [1.807, 2.05) is 0 Å². The topological polar surface area (TPSA) is 72.5 Å². The molecule has 0 radical (unpaired) electrons. The molecule has 0 saturated heterocycles. The second-order valence-electron chi connectivity index (χ2n) is 5.89. The highest BCUT2D eigenvalue weighted by Crippen LogP contribution is 2.38. The summed E-state index contributed by atoms with van der Waals surface area (Å²) in [5.74, 6) is -4.70. The van der Waals surface area contributed by atoms with Crippen molar-refractivity contribution in [1.29, 1.82) is 0 Å². The van der Waals surface area contributed by atoms with Crippen molar-refractivity contribution in [2.75, 3.05) is 6.61 Å². The van der Waals surface area contributed by atoms with Crippen LogP contribution in [0.15, 0.2) is 30.3 Å². The van der Waals surface area contributed by atoms with Crippen LogP contribution in [-0.2, 0) is 14.8 Å². The van der Waals surface area contributed by atoms with Crippen LogP contribution in [0.2, 0.25) is 0 Å². The molecule has 1 saturated carbocycles. The average Bonchev–Trinajstić information content (AvgIpc) is 2.52. The van der Waals surface area contributed by atoms with Crippen molar-refractivity contribution < 1.29 is 31.1 Å². The molecule has 0 aromatic heterocycles. The number of halogens is 4. The van der Waals surface area contributed by atoms with Gasteiger partial charge in [-0.3, -0.25) is 4.79 Å². The lowest BCUT2D eigenvalue weighted by molar-refractivity contribution is -0.0880. The van der Waals surface area contributed by atoms with Gasteiger partial charge in [-0.2, -0.15) is 12.8 Å². The Labute approximate surface area is 148 Å². The van der Waals surface area contributed by atoms with E-state index in [0.29, 0.717) is 6.42 Å². The number of rotatable bonds is 6. The van der Waals surface area contributed by atoms with Gasteiger partial charge in [0.1, 0.15) is 0 Å². The fraction of sp³-hybridized carbons (Fsp3) is 0.533. The smallest absolute Gasteiger partial charge is 0.320 e. The fourth-order valence-electron chi connectivity index (χ4n) is 2.54. The van der Waals surface area contributed by atoms with E-state index in [1.165, 1.54) is 29.0 Å². The number of amides is 1. The van der Waals surface area contributed by atoms with Crippen LogP contribution in [0.25, 0.3) is 0 Å². The average molecular weight is 400 g/mol. The molecular formula is C15H17ClF3NO4S. The van der Waals surface area contributed by atoms with Gasteiger partial charge in [-0.15, -0.1) is 0 Å². The standard InChI is InChI=1S/C15H17ClF3NO4S/c16-15(19,24-10-11-5-4-8-14(17,18)9-11)25(22,23)20-13(21)12-6-2-1-3-7-12/h1-3,6-7,11H,4-5,8-10H2,(H,20,21). The molecule has 1 aromatic rings. The molecule has 0 aliphatic heterocycles. The molecule has 25 heavy (non-hydrogen) atoms. The Kier molecular flexibility index (Phi) is 6.01. The van der Waals surface area contributed by atoms with Crippen molar-refractivity contribution in [3.05, 3.63) is 35.9 Å². The van der Waals surface area contributed by atoms with E-state index in [1.54, 1.807) is 6.07 Å². The lowest BCUT2D eigenvalue weighted by Crippen LogP contribution is -2.44. The highest BCUT2D eigenvalue weighted by Gasteiger charge is 2.47. The number of hydrogen-bond donors (Lipinski definition) is 1. The van der Waals surface area contributed by atoms with Gasteiger partial charge < -0.3 is 4.74 Å². The minimum Gasteiger partial charge on any atom is -0.320 e. The number of alkyl halides is 4. The van der Waals surface area contributed by atoms with E-state index in [9.17, 15) is 26.4 Å². The number of carbonyl (C=O) groups is 1. The number of sulfonamides is 1. The summed E-state index contributed by atoms with van der Waals surface area (Å²) in [5.41, 5.74) is -0.0227. The van der Waals surface area contributed by atoms with Gasteiger partial charge in [0, 0.05) is 18.4 Å². The Morgan fingerprint density at radius 3 is 2.60 bits per heavy atom. The van der Waals surface area contributed by atoms with Crippen molar-refractivity contribution in [2.45, 2.75) is 36.3 Å². The van der Waals surface area contributed by atoms with E-state index in [0.717, 1.165) is 0 Å². The highest BCUT2D eigenvalue weighted by molar-refractivity contribution is 7.92. The summed E-state index contributed by atoms with van der Waals surface area (Å²) < 4.78 is 67.0. The molecule has 0 spiro atoms. The van der Waals surface area contributed by atoms with Crippen molar-refractivity contribution in [3.63, 3.8) is 0 Å². The third kappa shape index (κ3) is 5.32. The summed E-state index contributed by atoms with van der Waals surface area (Å²) in [4.78, 5) is 11.8. The van der Waals surface area contributed by atoms with Crippen molar-refractivity contribution in [1.82, 2.24) is 4.72 Å². The minimum atomic E-state index is -5.05. The summed E-state index contributed by atoms with van der Waals surface area (Å²) in [5, 5.41) is 0. The van der Waals surface area contributed by atoms with Crippen molar-refractivity contribution in [3.8, 4) is 0 Å². The first-order valence-electron chi connectivity index (χ1n) is 7.54. The molecule has 2 atom stereocenters. The maximum Gasteiger partial charge on any atom is 0.409 e. The first kappa shape index (κ1) is 20.0. The molecule has 0 heterocycles. The third-order valence-electron chi connectivity index (χ3n) is 3.81. The third-order valence-corrected chi connectivity index (χ3v) is 5.72. The maximum atomic E-state index is 14.2. The molecule has 1 fully saturated rings. The van der Waals surface area contributed by atoms with Crippen LogP contribution < -0.4 is 4.72 Å². The zero-order valence-electron chi connectivity index (χ0n) is 13.1. The summed E-state index contributed by atoms with van der Waals surface area (Å²) >= 11 is 5.27. The van der Waals surface area contributed by atoms with Crippen molar-refractivity contribution >= 4 is 27.5 Å². The van der Waals surface area contributed by atoms with Gasteiger partial charge in [-0.05, 0) is 42.5 Å². The minimum absolute atomic E-state index is 0.0227. The first-order chi connectivity index (χ1) is 11.5. The maximum absolute atomic E-state index is 14.2. The van der Waals surface area contributed by atoms with E-state index >= 15 is 0 Å². The lowest BCUT2D eigenvalue weighted by Gasteiger charge is -2.30. The summed E-state index contributed by atoms with van der Waals surface area (Å²) in [7, 11) is -5.05. The summed E-state index contributed by atoms with van der Waals surface area (Å²) in [6.45, 7) is -0.601. The van der Waals surface area contributed by atoms with E-state index in [2.05, 4.69) is 4.74 Å². The van der Waals surface area contributed by atoms with Crippen LogP contribution in [0.4, 0.5) is 13.2 Å². The Balaban J connectivity index is 1.98. The number of ether oxygens (including phenoxy) is 1. The van der Waals surface area contributed by atoms with E-state index < -0.39 is 45.4 Å². The van der Waals surface area contributed by atoms with Crippen LogP contribution in [-0.4, -0.2) is 31.5 Å². The molecule has 1 N–H and O–H groups in total. The molecule has 5 nitrogen and oxygen atoms in total. The van der Waals surface area contributed by atoms with Crippen molar-refractivity contribution in [2.24, 2.45) is 5.92 Å². The summed E-state index contributed by atoms with van der Waals surface area (Å²) in [6, 6.07) is 7.23. The van der Waals surface area contributed by atoms with Gasteiger partial charge >= 0.3 is 14.7 Å². The molecule has 0 bridgehead atoms. The SMILES string of the molecule is O=C(NS(=O)(=O)C(F)(Cl)OCC1CCCC(F)(F)C1)c1ccccc1. The van der Waals surface area contributed by atoms with Crippen LogP contribution in [0.5, 0.6) is 0 Å². The van der Waals surface area contributed by atoms with Gasteiger partial charge in [-0.1, -0.05) is 18.2 Å². The second kappa shape index (κ2) is 7.51. The Morgan fingerprint density at radius 2 is 2.00 bits per heavy atom. The van der Waals surface area contributed by atoms with Gasteiger partial charge in [0.15, 0.2) is 0 Å². The first-order valence-corrected chi connectivity index (χ1v) is 9.40. The molecule has 2 unspecified atom stereocenters. The molecule has 10 heteroatoms. The number of hydrogen-bond acceptors (Lipinski definition) is 4.